The minimum atomic E-state index is -0.0280. The van der Waals surface area contributed by atoms with E-state index in [0.29, 0.717) is 29.8 Å². The molecule has 23 heavy (non-hydrogen) atoms. The van der Waals surface area contributed by atoms with E-state index in [0.717, 1.165) is 26.2 Å². The van der Waals surface area contributed by atoms with Crippen LogP contribution in [0.4, 0.5) is 5.69 Å². The van der Waals surface area contributed by atoms with Crippen molar-refractivity contribution in [3.05, 3.63) is 29.8 Å². The summed E-state index contributed by atoms with van der Waals surface area (Å²) in [7, 11) is 2.16. The average molecular weight is 341 g/mol. The van der Waals surface area contributed by atoms with Gasteiger partial charge in [-0.1, -0.05) is 13.8 Å². The second-order valence-corrected chi connectivity index (χ2v) is 6.48. The predicted molar refractivity (Wildman–Crippen MR) is 98.1 cm³/mol. The Morgan fingerprint density at radius 2 is 1.74 bits per heavy atom. The van der Waals surface area contributed by atoms with E-state index >= 15 is 0 Å². The molecule has 1 aliphatic rings. The van der Waals surface area contributed by atoms with Crippen LogP contribution >= 0.6 is 12.4 Å². The van der Waals surface area contributed by atoms with Gasteiger partial charge in [-0.3, -0.25) is 9.69 Å². The fourth-order valence-corrected chi connectivity index (χ4v) is 2.87. The molecule has 0 bridgehead atoms. The number of halogens is 1. The summed E-state index contributed by atoms with van der Waals surface area (Å²) in [6, 6.07) is 7.44. The van der Waals surface area contributed by atoms with Gasteiger partial charge in [0.1, 0.15) is 0 Å². The van der Waals surface area contributed by atoms with Gasteiger partial charge in [-0.25, -0.2) is 0 Å². The van der Waals surface area contributed by atoms with Crippen LogP contribution in [-0.4, -0.2) is 61.5 Å². The topological polar surface area (TPSA) is 61.6 Å². The molecule has 1 heterocycles. The number of nitrogens with zero attached hydrogens (tertiary/aromatic N) is 2. The monoisotopic (exact) mass is 340 g/mol. The predicted octanol–water partition coefficient (Wildman–Crippen LogP) is 1.69. The molecule has 2 rings (SSSR count). The van der Waals surface area contributed by atoms with E-state index in [4.69, 9.17) is 5.73 Å². The van der Waals surface area contributed by atoms with Gasteiger partial charge in [0, 0.05) is 50.0 Å². The van der Waals surface area contributed by atoms with Crippen LogP contribution in [0.15, 0.2) is 24.3 Å². The Labute approximate surface area is 145 Å². The third-order valence-electron chi connectivity index (χ3n) is 4.42. The third kappa shape index (κ3) is 5.68. The zero-order chi connectivity index (χ0) is 16.1. The van der Waals surface area contributed by atoms with Crippen molar-refractivity contribution in [1.82, 2.24) is 15.1 Å². The van der Waals surface area contributed by atoms with E-state index < -0.39 is 0 Å². The smallest absolute Gasteiger partial charge is 0.251 e. The summed E-state index contributed by atoms with van der Waals surface area (Å²) in [5.74, 6) is 0.481. The van der Waals surface area contributed by atoms with Gasteiger partial charge >= 0.3 is 0 Å². The van der Waals surface area contributed by atoms with Crippen LogP contribution in [0.25, 0.3) is 0 Å². The molecule has 1 aromatic carbocycles. The van der Waals surface area contributed by atoms with Crippen LogP contribution in [0.5, 0.6) is 0 Å². The molecule has 0 aliphatic carbocycles. The number of benzene rings is 1. The summed E-state index contributed by atoms with van der Waals surface area (Å²) in [6.07, 6.45) is 0. The zero-order valence-electron chi connectivity index (χ0n) is 14.3. The van der Waals surface area contributed by atoms with Crippen molar-refractivity contribution < 1.29 is 4.79 Å². The highest BCUT2D eigenvalue weighted by Gasteiger charge is 2.25. The highest BCUT2D eigenvalue weighted by molar-refractivity contribution is 5.94. The number of nitrogen functional groups attached to an aromatic ring is 1. The van der Waals surface area contributed by atoms with Crippen molar-refractivity contribution >= 4 is 24.0 Å². The fraction of sp³-hybridized carbons (Fsp3) is 0.588. The molecule has 1 atom stereocenters. The second kappa shape index (κ2) is 9.11. The van der Waals surface area contributed by atoms with Crippen molar-refractivity contribution in [2.24, 2.45) is 5.92 Å². The van der Waals surface area contributed by atoms with Crippen LogP contribution in [0.1, 0.15) is 24.2 Å². The van der Waals surface area contributed by atoms with E-state index in [9.17, 15) is 4.79 Å². The van der Waals surface area contributed by atoms with Crippen molar-refractivity contribution in [3.8, 4) is 0 Å². The van der Waals surface area contributed by atoms with Crippen LogP contribution < -0.4 is 11.1 Å². The maximum absolute atomic E-state index is 12.2. The molecular weight excluding hydrogens is 312 g/mol. The molecule has 3 N–H and O–H groups in total. The van der Waals surface area contributed by atoms with E-state index in [1.165, 1.54) is 0 Å². The van der Waals surface area contributed by atoms with Crippen molar-refractivity contribution in [2.75, 3.05) is 45.5 Å². The van der Waals surface area contributed by atoms with Gasteiger partial charge in [-0.15, -0.1) is 12.4 Å². The summed E-state index contributed by atoms with van der Waals surface area (Å²) in [6.45, 7) is 9.44. The molecule has 5 nitrogen and oxygen atoms in total. The van der Waals surface area contributed by atoms with Gasteiger partial charge in [-0.05, 0) is 37.2 Å². The van der Waals surface area contributed by atoms with E-state index in [1.807, 2.05) is 0 Å². The number of piperazine rings is 1. The van der Waals surface area contributed by atoms with Crippen molar-refractivity contribution in [2.45, 2.75) is 19.9 Å². The van der Waals surface area contributed by atoms with E-state index in [1.54, 1.807) is 24.3 Å². The van der Waals surface area contributed by atoms with Crippen molar-refractivity contribution in [1.29, 1.82) is 0 Å². The zero-order valence-corrected chi connectivity index (χ0v) is 15.1. The first-order chi connectivity index (χ1) is 10.5. The number of nitrogens with two attached hydrogens (primary N) is 1. The molecule has 6 heteroatoms. The summed E-state index contributed by atoms with van der Waals surface area (Å²) < 4.78 is 0. The molecule has 1 amide bonds. The fourth-order valence-electron chi connectivity index (χ4n) is 2.87. The first-order valence-electron chi connectivity index (χ1n) is 8.03. The number of carbonyl (C=O) groups excluding carboxylic acids is 1. The third-order valence-corrected chi connectivity index (χ3v) is 4.42. The largest absolute Gasteiger partial charge is 0.399 e. The molecule has 0 aromatic heterocycles. The minimum absolute atomic E-state index is 0. The standard InChI is InChI=1S/C17H28N4O.ClH/c1-13(2)16(21-10-8-20(3)9-11-21)12-19-17(22)14-4-6-15(18)7-5-14;/h4-7,13,16H,8-12,18H2,1-3H3,(H,19,22);1H. The molecular formula is C17H29ClN4O. The summed E-state index contributed by atoms with van der Waals surface area (Å²) >= 11 is 0. The quantitative estimate of drug-likeness (QED) is 0.801. The number of hydrogen-bond donors (Lipinski definition) is 2. The molecule has 1 fully saturated rings. The van der Waals surface area contributed by atoms with Gasteiger partial charge in [0.25, 0.3) is 5.91 Å². The van der Waals surface area contributed by atoms with Crippen molar-refractivity contribution in [3.63, 3.8) is 0 Å². The van der Waals surface area contributed by atoms with Gasteiger partial charge < -0.3 is 16.0 Å². The maximum Gasteiger partial charge on any atom is 0.251 e. The summed E-state index contributed by atoms with van der Waals surface area (Å²) in [5.41, 5.74) is 6.99. The van der Waals surface area contributed by atoms with Gasteiger partial charge in [-0.2, -0.15) is 0 Å². The molecule has 1 saturated heterocycles. The minimum Gasteiger partial charge on any atom is -0.399 e. The van der Waals surface area contributed by atoms with Gasteiger partial charge in [0.05, 0.1) is 0 Å². The number of anilines is 1. The summed E-state index contributed by atoms with van der Waals surface area (Å²) in [5, 5.41) is 3.07. The number of hydrogen-bond acceptors (Lipinski definition) is 4. The number of amides is 1. The highest BCUT2D eigenvalue weighted by atomic mass is 35.5. The Morgan fingerprint density at radius 3 is 2.26 bits per heavy atom. The molecule has 130 valence electrons. The van der Waals surface area contributed by atoms with Gasteiger partial charge in [0.2, 0.25) is 0 Å². The number of likely N-dealkylation sites (N-methyl/N-ethyl adjacent to an activating group) is 1. The average Bonchev–Trinajstić information content (AvgIpc) is 2.49. The molecule has 1 unspecified atom stereocenters. The van der Waals surface area contributed by atoms with Crippen LogP contribution in [0.2, 0.25) is 0 Å². The first kappa shape index (κ1) is 19.7. The Kier molecular flexibility index (Phi) is 7.82. The number of nitrogens with one attached hydrogen (secondary N) is 1. The molecule has 0 radical (unpaired) electrons. The highest BCUT2D eigenvalue weighted by Crippen LogP contribution is 2.13. The van der Waals surface area contributed by atoms with Crippen LogP contribution in [-0.2, 0) is 0 Å². The maximum atomic E-state index is 12.2. The Hall–Kier alpha value is -1.30. The normalized spacial score (nSPS) is 17.6. The molecule has 0 saturated carbocycles. The Balaban J connectivity index is 0.00000264. The van der Waals surface area contributed by atoms with E-state index in [2.05, 4.69) is 36.0 Å². The lowest BCUT2D eigenvalue weighted by molar-refractivity contribution is 0.0791. The van der Waals surface area contributed by atoms with Crippen LogP contribution in [0.3, 0.4) is 0 Å². The first-order valence-corrected chi connectivity index (χ1v) is 8.03. The van der Waals surface area contributed by atoms with E-state index in [-0.39, 0.29) is 18.3 Å². The Bertz CT molecular complexity index is 484. The molecule has 1 aromatic rings. The molecule has 0 spiro atoms. The van der Waals surface area contributed by atoms with Gasteiger partial charge in [0.15, 0.2) is 0 Å². The summed E-state index contributed by atoms with van der Waals surface area (Å²) in [4.78, 5) is 17.1. The lowest BCUT2D eigenvalue weighted by Gasteiger charge is -2.39. The number of carbonyl (C=O) groups is 1. The van der Waals surface area contributed by atoms with Crippen LogP contribution in [0, 0.1) is 5.92 Å². The SMILES string of the molecule is CC(C)C(CNC(=O)c1ccc(N)cc1)N1CCN(C)CC1.Cl. The lowest BCUT2D eigenvalue weighted by atomic mass is 10.0. The second-order valence-electron chi connectivity index (χ2n) is 6.48. The number of rotatable bonds is 5. The lowest BCUT2D eigenvalue weighted by Crippen LogP contribution is -2.54. The molecule has 1 aliphatic heterocycles. The Morgan fingerprint density at radius 1 is 1.17 bits per heavy atom.